The van der Waals surface area contributed by atoms with E-state index < -0.39 is 38.7 Å². The van der Waals surface area contributed by atoms with Gasteiger partial charge in [-0.15, -0.1) is 0 Å². The molecule has 18 heavy (non-hydrogen) atoms. The summed E-state index contributed by atoms with van der Waals surface area (Å²) in [4.78, 5) is 20.0. The lowest BCUT2D eigenvalue weighted by Gasteiger charge is -2.09. The van der Waals surface area contributed by atoms with Gasteiger partial charge in [-0.05, 0) is 23.7 Å². The molecule has 0 saturated heterocycles. The van der Waals surface area contributed by atoms with Crippen molar-refractivity contribution in [2.75, 3.05) is 0 Å². The van der Waals surface area contributed by atoms with Crippen LogP contribution in [0.4, 0.5) is 18.9 Å². The maximum absolute atomic E-state index is 12.6. The van der Waals surface area contributed by atoms with E-state index in [2.05, 4.69) is 0 Å². The first kappa shape index (κ1) is 13.9. The van der Waals surface area contributed by atoms with Crippen LogP contribution in [0.25, 0.3) is 0 Å². The van der Waals surface area contributed by atoms with Crippen LogP contribution < -0.4 is 0 Å². The molecule has 0 radical (unpaired) electrons. The number of nitro benzene ring substituents is 1. The summed E-state index contributed by atoms with van der Waals surface area (Å²) in [5, 5.41) is 17.9. The Morgan fingerprint density at radius 2 is 2.00 bits per heavy atom. The monoisotopic (exact) mass is 278 g/mol. The Bertz CT molecular complexity index is 578. The fourth-order valence-electron chi connectivity index (χ4n) is 1.25. The molecule has 0 fully saturated rings. The third-order valence-corrected chi connectivity index (χ3v) is 2.16. The number of nitriles is 1. The van der Waals surface area contributed by atoms with Crippen LogP contribution in [-0.4, -0.2) is 10.2 Å². The number of nitrogens with zero attached hydrogens (tertiary/aromatic N) is 2. The number of hydrogen-bond donors (Lipinski definition) is 0. The predicted octanol–water partition coefficient (Wildman–Crippen LogP) is 2.86. The second-order valence-corrected chi connectivity index (χ2v) is 3.40. The van der Waals surface area contributed by atoms with Gasteiger partial charge in [0.25, 0.3) is 10.9 Å². The second kappa shape index (κ2) is 4.62. The topological polar surface area (TPSA) is 84.0 Å². The van der Waals surface area contributed by atoms with E-state index in [0.29, 0.717) is 6.07 Å². The van der Waals surface area contributed by atoms with E-state index in [0.717, 1.165) is 0 Å². The first-order valence-electron chi connectivity index (χ1n) is 4.18. The molecule has 0 unspecified atom stereocenters. The van der Waals surface area contributed by atoms with Crippen molar-refractivity contribution in [3.63, 3.8) is 0 Å². The summed E-state index contributed by atoms with van der Waals surface area (Å²) in [6, 6.07) is 2.12. The van der Waals surface area contributed by atoms with Gasteiger partial charge in [0.15, 0.2) is 0 Å². The molecule has 0 heterocycles. The van der Waals surface area contributed by atoms with Gasteiger partial charge in [0.1, 0.15) is 17.2 Å². The highest BCUT2D eigenvalue weighted by Gasteiger charge is 2.41. The van der Waals surface area contributed by atoms with E-state index in [1.54, 1.807) is 0 Å². The first-order valence-corrected chi connectivity index (χ1v) is 4.56. The summed E-state index contributed by atoms with van der Waals surface area (Å²) in [6.45, 7) is 0. The lowest BCUT2D eigenvalue weighted by Crippen LogP contribution is -2.12. The molecule has 0 aliphatic heterocycles. The fraction of sp³-hybridized carbons (Fsp3) is 0.111. The number of hydrogen-bond acceptors (Lipinski definition) is 4. The molecule has 0 bridgehead atoms. The van der Waals surface area contributed by atoms with Gasteiger partial charge in [0, 0.05) is 5.56 Å². The fourth-order valence-corrected chi connectivity index (χ4v) is 1.36. The number of carbonyl (C=O) groups excluding carboxylic acids is 1. The van der Waals surface area contributed by atoms with Crippen molar-refractivity contribution in [2.24, 2.45) is 0 Å². The SMILES string of the molecule is N#Cc1cc(C(=O)Cl)cc(C(F)(F)F)c1[N+](=O)[O-]. The maximum Gasteiger partial charge on any atom is 0.423 e. The highest BCUT2D eigenvalue weighted by Crippen LogP contribution is 2.38. The Morgan fingerprint density at radius 1 is 1.44 bits per heavy atom. The third kappa shape index (κ3) is 2.57. The molecule has 0 aliphatic rings. The highest BCUT2D eigenvalue weighted by molar-refractivity contribution is 6.67. The van der Waals surface area contributed by atoms with E-state index in [4.69, 9.17) is 16.9 Å². The molecule has 0 N–H and O–H groups in total. The molecule has 0 amide bonds. The molecule has 9 heteroatoms. The van der Waals surface area contributed by atoms with Crippen LogP contribution in [0.2, 0.25) is 0 Å². The Kier molecular flexibility index (Phi) is 3.57. The summed E-state index contributed by atoms with van der Waals surface area (Å²) >= 11 is 5.00. The molecule has 0 aliphatic carbocycles. The normalized spacial score (nSPS) is 10.8. The lowest BCUT2D eigenvalue weighted by atomic mass is 10.0. The lowest BCUT2D eigenvalue weighted by molar-refractivity contribution is -0.388. The van der Waals surface area contributed by atoms with Crippen molar-refractivity contribution < 1.29 is 22.9 Å². The van der Waals surface area contributed by atoms with Crippen LogP contribution in [0.3, 0.4) is 0 Å². The molecule has 1 aromatic rings. The smallest absolute Gasteiger partial charge is 0.276 e. The summed E-state index contributed by atoms with van der Waals surface area (Å²) in [6.07, 6.45) is -5.07. The van der Waals surface area contributed by atoms with Crippen molar-refractivity contribution >= 4 is 22.5 Å². The zero-order chi connectivity index (χ0) is 14.1. The largest absolute Gasteiger partial charge is 0.423 e. The number of rotatable bonds is 2. The summed E-state index contributed by atoms with van der Waals surface area (Å²) in [5.41, 5.74) is -4.59. The van der Waals surface area contributed by atoms with E-state index in [-0.39, 0.29) is 6.07 Å². The van der Waals surface area contributed by atoms with Crippen molar-refractivity contribution in [3.8, 4) is 6.07 Å². The van der Waals surface area contributed by atoms with Gasteiger partial charge in [-0.2, -0.15) is 18.4 Å². The molecule has 0 aromatic heterocycles. The average molecular weight is 279 g/mol. The van der Waals surface area contributed by atoms with E-state index >= 15 is 0 Å². The minimum Gasteiger partial charge on any atom is -0.276 e. The second-order valence-electron chi connectivity index (χ2n) is 3.06. The number of carbonyl (C=O) groups is 1. The van der Waals surface area contributed by atoms with Gasteiger partial charge in [0.2, 0.25) is 0 Å². The number of nitro groups is 1. The van der Waals surface area contributed by atoms with Crippen molar-refractivity contribution in [1.29, 1.82) is 5.26 Å². The predicted molar refractivity (Wildman–Crippen MR) is 53.0 cm³/mol. The molecule has 94 valence electrons. The number of halogens is 4. The van der Waals surface area contributed by atoms with E-state index in [1.807, 2.05) is 0 Å². The molecular formula is C9H2ClF3N2O3. The highest BCUT2D eigenvalue weighted by atomic mass is 35.5. The minimum absolute atomic E-state index is 0.244. The molecule has 5 nitrogen and oxygen atoms in total. The Morgan fingerprint density at radius 3 is 2.33 bits per heavy atom. The zero-order valence-corrected chi connectivity index (χ0v) is 9.04. The Labute approximate surface area is 103 Å². The first-order chi connectivity index (χ1) is 8.18. The molecule has 0 spiro atoms. The van der Waals surface area contributed by atoms with Crippen molar-refractivity contribution in [3.05, 3.63) is 38.9 Å². The summed E-state index contributed by atoms with van der Waals surface area (Å²) < 4.78 is 37.8. The van der Waals surface area contributed by atoms with Crippen LogP contribution in [0.1, 0.15) is 21.5 Å². The van der Waals surface area contributed by atoms with Crippen LogP contribution in [0, 0.1) is 21.4 Å². The molecule has 1 rings (SSSR count). The number of alkyl halides is 3. The number of benzene rings is 1. The Balaban J connectivity index is 3.75. The average Bonchev–Trinajstić information content (AvgIpc) is 2.25. The van der Waals surface area contributed by atoms with Gasteiger partial charge < -0.3 is 0 Å². The molecular weight excluding hydrogens is 277 g/mol. The Hall–Kier alpha value is -2.14. The van der Waals surface area contributed by atoms with Gasteiger partial charge >= 0.3 is 6.18 Å². The minimum atomic E-state index is -5.07. The zero-order valence-electron chi connectivity index (χ0n) is 8.29. The van der Waals surface area contributed by atoms with Gasteiger partial charge in [-0.3, -0.25) is 14.9 Å². The van der Waals surface area contributed by atoms with Gasteiger partial charge in [-0.25, -0.2) is 0 Å². The van der Waals surface area contributed by atoms with E-state index in [1.165, 1.54) is 6.07 Å². The van der Waals surface area contributed by atoms with Gasteiger partial charge in [0.05, 0.1) is 4.92 Å². The quantitative estimate of drug-likeness (QED) is 0.473. The van der Waals surface area contributed by atoms with Crippen LogP contribution in [-0.2, 0) is 6.18 Å². The van der Waals surface area contributed by atoms with E-state index in [9.17, 15) is 28.1 Å². The standard InChI is InChI=1S/C9H2ClF3N2O3/c10-8(16)4-1-5(3-14)7(15(17)18)6(2-4)9(11,12)13/h1-2H. The van der Waals surface area contributed by atoms with Gasteiger partial charge in [-0.1, -0.05) is 0 Å². The van der Waals surface area contributed by atoms with Crippen LogP contribution >= 0.6 is 11.6 Å². The molecule has 1 aromatic carbocycles. The van der Waals surface area contributed by atoms with Crippen LogP contribution in [0.5, 0.6) is 0 Å². The summed E-state index contributed by atoms with van der Waals surface area (Å²) in [7, 11) is 0. The van der Waals surface area contributed by atoms with Crippen LogP contribution in [0.15, 0.2) is 12.1 Å². The van der Waals surface area contributed by atoms with Crippen molar-refractivity contribution in [1.82, 2.24) is 0 Å². The molecule has 0 saturated carbocycles. The summed E-state index contributed by atoms with van der Waals surface area (Å²) in [5.74, 6) is 0. The third-order valence-electron chi connectivity index (χ3n) is 1.95. The molecule has 0 atom stereocenters. The maximum atomic E-state index is 12.6. The van der Waals surface area contributed by atoms with Crippen molar-refractivity contribution in [2.45, 2.75) is 6.18 Å².